The second kappa shape index (κ2) is 5.66. The topological polar surface area (TPSA) is 61.9 Å². The number of benzene rings is 1. The number of rotatable bonds is 1. The fourth-order valence-corrected chi connectivity index (χ4v) is 1.25. The van der Waals surface area contributed by atoms with E-state index >= 15 is 0 Å². The molecule has 0 bridgehead atoms. The lowest BCUT2D eigenvalue weighted by Gasteiger charge is -1.93. The number of para-hydroxylation sites is 2. The third-order valence-corrected chi connectivity index (χ3v) is 2.10. The maximum atomic E-state index is 9.43. The molecule has 5 nitrogen and oxygen atoms in total. The number of nitriles is 1. The van der Waals surface area contributed by atoms with Gasteiger partial charge in [-0.15, -0.1) is 0 Å². The molecular weight excluding hydrogens is 216 g/mol. The lowest BCUT2D eigenvalue weighted by Crippen LogP contribution is -2.06. The van der Waals surface area contributed by atoms with Crippen LogP contribution in [0.1, 0.15) is 5.82 Å². The van der Waals surface area contributed by atoms with Gasteiger partial charge in [-0.25, -0.2) is 4.98 Å². The van der Waals surface area contributed by atoms with Crippen LogP contribution in [0.5, 0.6) is 0 Å². The molecular formula is C12H14N4O. The Balaban J connectivity index is 0.000000249. The van der Waals surface area contributed by atoms with Gasteiger partial charge in [0, 0.05) is 21.1 Å². The second-order valence-electron chi connectivity index (χ2n) is 3.66. The molecule has 0 saturated heterocycles. The Bertz CT molecular complexity index is 551. The average molecular weight is 230 g/mol. The van der Waals surface area contributed by atoms with E-state index in [-0.39, 0.29) is 0 Å². The highest BCUT2D eigenvalue weighted by atomic mass is 16.1. The second-order valence-corrected chi connectivity index (χ2v) is 3.66. The van der Waals surface area contributed by atoms with E-state index in [1.165, 1.54) is 4.90 Å². The van der Waals surface area contributed by atoms with Crippen LogP contribution in [0, 0.1) is 11.3 Å². The summed E-state index contributed by atoms with van der Waals surface area (Å²) < 4.78 is 1.79. The number of nitrogens with zero attached hydrogens (tertiary/aromatic N) is 4. The molecule has 2 aromatic rings. The Morgan fingerprint density at radius 1 is 1.41 bits per heavy atom. The SMILES string of the molecule is CN(C)C=O.Cn1c(C#N)nc2ccccc21. The van der Waals surface area contributed by atoms with Crippen molar-refractivity contribution in [2.24, 2.45) is 7.05 Å². The van der Waals surface area contributed by atoms with Crippen molar-refractivity contribution in [1.29, 1.82) is 5.26 Å². The number of carbonyl (C=O) groups is 1. The van der Waals surface area contributed by atoms with Crippen LogP contribution in [0.25, 0.3) is 11.0 Å². The molecule has 0 N–H and O–H groups in total. The van der Waals surface area contributed by atoms with E-state index in [4.69, 9.17) is 5.26 Å². The predicted octanol–water partition coefficient (Wildman–Crippen LogP) is 1.15. The van der Waals surface area contributed by atoms with Gasteiger partial charge < -0.3 is 9.47 Å². The Morgan fingerprint density at radius 2 is 2.00 bits per heavy atom. The molecule has 0 saturated carbocycles. The first-order chi connectivity index (χ1) is 8.10. The summed E-state index contributed by atoms with van der Waals surface area (Å²) in [5, 5.41) is 8.69. The maximum absolute atomic E-state index is 9.43. The van der Waals surface area contributed by atoms with Gasteiger partial charge >= 0.3 is 0 Å². The van der Waals surface area contributed by atoms with Gasteiger partial charge in [-0.1, -0.05) is 12.1 Å². The van der Waals surface area contributed by atoms with Crippen molar-refractivity contribution in [2.75, 3.05) is 14.1 Å². The summed E-state index contributed by atoms with van der Waals surface area (Å²) >= 11 is 0. The summed E-state index contributed by atoms with van der Waals surface area (Å²) in [6.45, 7) is 0. The third kappa shape index (κ3) is 3.05. The van der Waals surface area contributed by atoms with Crippen LogP contribution in [-0.4, -0.2) is 35.0 Å². The van der Waals surface area contributed by atoms with E-state index in [0.29, 0.717) is 5.82 Å². The lowest BCUT2D eigenvalue weighted by atomic mass is 10.3. The van der Waals surface area contributed by atoms with Crippen molar-refractivity contribution in [3.05, 3.63) is 30.1 Å². The number of aryl methyl sites for hydroxylation is 1. The monoisotopic (exact) mass is 230 g/mol. The molecule has 0 spiro atoms. The molecule has 0 aliphatic rings. The van der Waals surface area contributed by atoms with Crippen LogP contribution in [0.15, 0.2) is 24.3 Å². The number of aromatic nitrogens is 2. The first-order valence-corrected chi connectivity index (χ1v) is 5.03. The smallest absolute Gasteiger partial charge is 0.213 e. The van der Waals surface area contributed by atoms with Crippen molar-refractivity contribution >= 4 is 17.4 Å². The number of amides is 1. The van der Waals surface area contributed by atoms with Gasteiger partial charge in [0.2, 0.25) is 12.2 Å². The van der Waals surface area contributed by atoms with Crippen molar-refractivity contribution in [2.45, 2.75) is 0 Å². The molecule has 0 aliphatic carbocycles. The fourth-order valence-electron chi connectivity index (χ4n) is 1.25. The van der Waals surface area contributed by atoms with Gasteiger partial charge in [0.25, 0.3) is 0 Å². The van der Waals surface area contributed by atoms with Gasteiger partial charge in [-0.3, -0.25) is 4.79 Å². The minimum atomic E-state index is 0.455. The molecule has 1 aromatic heterocycles. The zero-order valence-corrected chi connectivity index (χ0v) is 10.1. The first-order valence-electron chi connectivity index (χ1n) is 5.03. The third-order valence-electron chi connectivity index (χ3n) is 2.10. The lowest BCUT2D eigenvalue weighted by molar-refractivity contribution is -0.115. The molecule has 0 unspecified atom stereocenters. The molecule has 0 atom stereocenters. The molecule has 1 aromatic carbocycles. The number of carbonyl (C=O) groups excluding carboxylic acids is 1. The molecule has 2 rings (SSSR count). The summed E-state index contributed by atoms with van der Waals surface area (Å²) in [6, 6.07) is 9.73. The summed E-state index contributed by atoms with van der Waals surface area (Å²) in [7, 11) is 5.22. The fraction of sp³-hybridized carbons (Fsp3) is 0.250. The number of hydrogen-bond acceptors (Lipinski definition) is 3. The average Bonchev–Trinajstić information content (AvgIpc) is 2.67. The minimum Gasteiger partial charge on any atom is -0.351 e. The Kier molecular flexibility index (Phi) is 4.23. The van der Waals surface area contributed by atoms with Gasteiger partial charge in [-0.2, -0.15) is 5.26 Å². The highest BCUT2D eigenvalue weighted by Crippen LogP contribution is 2.12. The summed E-state index contributed by atoms with van der Waals surface area (Å²) in [5.41, 5.74) is 1.87. The Hall–Kier alpha value is -2.35. The van der Waals surface area contributed by atoms with Gasteiger partial charge in [0.05, 0.1) is 11.0 Å². The van der Waals surface area contributed by atoms with Gasteiger partial charge in [-0.05, 0) is 12.1 Å². The van der Waals surface area contributed by atoms with Crippen molar-refractivity contribution in [3.63, 3.8) is 0 Å². The van der Waals surface area contributed by atoms with Gasteiger partial charge in [0.15, 0.2) is 0 Å². The normalized spacial score (nSPS) is 9.06. The summed E-state index contributed by atoms with van der Waals surface area (Å²) in [4.78, 5) is 15.0. The number of fused-ring (bicyclic) bond motifs is 1. The van der Waals surface area contributed by atoms with Crippen LogP contribution in [0.4, 0.5) is 0 Å². The van der Waals surface area contributed by atoms with Crippen LogP contribution in [-0.2, 0) is 11.8 Å². The Labute approximate surface area is 99.9 Å². The number of imidazole rings is 1. The van der Waals surface area contributed by atoms with E-state index < -0.39 is 0 Å². The van der Waals surface area contributed by atoms with E-state index in [1.807, 2.05) is 37.4 Å². The number of hydrogen-bond donors (Lipinski definition) is 0. The molecule has 0 fully saturated rings. The van der Waals surface area contributed by atoms with Crippen LogP contribution >= 0.6 is 0 Å². The summed E-state index contributed by atoms with van der Waals surface area (Å²) in [5.74, 6) is 0.455. The molecule has 1 heterocycles. The van der Waals surface area contributed by atoms with E-state index in [2.05, 4.69) is 4.98 Å². The minimum absolute atomic E-state index is 0.455. The van der Waals surface area contributed by atoms with Gasteiger partial charge in [0.1, 0.15) is 6.07 Å². The molecule has 0 aliphatic heterocycles. The molecule has 17 heavy (non-hydrogen) atoms. The standard InChI is InChI=1S/C9H7N3.C3H7NO/c1-12-8-5-3-2-4-7(8)11-9(12)6-10;1-4(2)3-5/h2-5H,1H3;3H,1-2H3. The Morgan fingerprint density at radius 3 is 2.47 bits per heavy atom. The molecule has 5 heteroatoms. The van der Waals surface area contributed by atoms with Crippen molar-refractivity contribution < 1.29 is 4.79 Å². The zero-order chi connectivity index (χ0) is 12.8. The maximum Gasteiger partial charge on any atom is 0.213 e. The van der Waals surface area contributed by atoms with Crippen LogP contribution in [0.2, 0.25) is 0 Å². The molecule has 1 amide bonds. The van der Waals surface area contributed by atoms with E-state index in [1.54, 1.807) is 18.7 Å². The van der Waals surface area contributed by atoms with E-state index in [0.717, 1.165) is 17.4 Å². The highest BCUT2D eigenvalue weighted by molar-refractivity contribution is 5.76. The van der Waals surface area contributed by atoms with E-state index in [9.17, 15) is 4.79 Å². The summed E-state index contributed by atoms with van der Waals surface area (Å²) in [6.07, 6.45) is 0.750. The molecule has 88 valence electrons. The van der Waals surface area contributed by atoms with Crippen LogP contribution < -0.4 is 0 Å². The highest BCUT2D eigenvalue weighted by Gasteiger charge is 2.04. The zero-order valence-electron chi connectivity index (χ0n) is 10.1. The predicted molar refractivity (Wildman–Crippen MR) is 65.2 cm³/mol. The van der Waals surface area contributed by atoms with Crippen LogP contribution in [0.3, 0.4) is 0 Å². The van der Waals surface area contributed by atoms with Crippen molar-refractivity contribution in [1.82, 2.24) is 14.5 Å². The first kappa shape index (κ1) is 12.7. The quantitative estimate of drug-likeness (QED) is 0.690. The largest absolute Gasteiger partial charge is 0.351 e. The molecule has 0 radical (unpaired) electrons. The van der Waals surface area contributed by atoms with Crippen molar-refractivity contribution in [3.8, 4) is 6.07 Å².